The zero-order valence-electron chi connectivity index (χ0n) is 14.2. The Balaban J connectivity index is 1.72. The summed E-state index contributed by atoms with van der Waals surface area (Å²) in [5.41, 5.74) is 4.42. The number of methoxy groups -OCH3 is 1. The van der Waals surface area contributed by atoms with Crippen LogP contribution in [0.4, 0.5) is 0 Å². The molecule has 0 aliphatic heterocycles. The van der Waals surface area contributed by atoms with Crippen molar-refractivity contribution in [3.8, 4) is 5.75 Å². The second-order valence-electron chi connectivity index (χ2n) is 6.31. The molecule has 0 fully saturated rings. The fraction of sp³-hybridized carbons (Fsp3) is 0.0952. The number of nitrogens with one attached hydrogen (secondary N) is 1. The highest BCUT2D eigenvalue weighted by Crippen LogP contribution is 2.31. The molecule has 0 unspecified atom stereocenters. The molecule has 3 aromatic carbocycles. The van der Waals surface area contributed by atoms with E-state index in [0.29, 0.717) is 12.1 Å². The van der Waals surface area contributed by atoms with E-state index in [1.807, 2.05) is 60.7 Å². The van der Waals surface area contributed by atoms with Gasteiger partial charge in [0.2, 0.25) is 0 Å². The van der Waals surface area contributed by atoms with Crippen molar-refractivity contribution >= 4 is 32.9 Å². The molecule has 5 nitrogen and oxygen atoms in total. The molecule has 5 heteroatoms. The van der Waals surface area contributed by atoms with Gasteiger partial charge in [-0.05, 0) is 35.9 Å². The van der Waals surface area contributed by atoms with Crippen LogP contribution in [0.15, 0.2) is 69.9 Å². The predicted molar refractivity (Wildman–Crippen MR) is 102 cm³/mol. The van der Waals surface area contributed by atoms with Crippen molar-refractivity contribution in [2.45, 2.75) is 6.54 Å². The Hall–Kier alpha value is -3.47. The largest absolute Gasteiger partial charge is 0.497 e. The molecule has 0 saturated carbocycles. The van der Waals surface area contributed by atoms with Crippen molar-refractivity contribution in [1.82, 2.24) is 9.55 Å². The van der Waals surface area contributed by atoms with Gasteiger partial charge in [-0.15, -0.1) is 0 Å². The first kappa shape index (κ1) is 14.8. The van der Waals surface area contributed by atoms with E-state index in [0.717, 1.165) is 38.6 Å². The van der Waals surface area contributed by atoms with Crippen molar-refractivity contribution in [3.63, 3.8) is 0 Å². The number of oxazole rings is 1. The number of hydrogen-bond acceptors (Lipinski definition) is 3. The molecule has 2 heterocycles. The number of H-pyrrole nitrogens is 1. The number of para-hydroxylation sites is 1. The van der Waals surface area contributed by atoms with Gasteiger partial charge in [-0.1, -0.05) is 30.3 Å². The summed E-state index contributed by atoms with van der Waals surface area (Å²) in [5, 5.41) is 2.00. The minimum Gasteiger partial charge on any atom is -0.497 e. The molecule has 5 rings (SSSR count). The van der Waals surface area contributed by atoms with Crippen LogP contribution in [0.5, 0.6) is 5.75 Å². The van der Waals surface area contributed by atoms with E-state index in [1.54, 1.807) is 11.7 Å². The number of nitrogens with zero attached hydrogens (tertiary/aromatic N) is 1. The van der Waals surface area contributed by atoms with Gasteiger partial charge in [-0.2, -0.15) is 0 Å². The molecule has 0 spiro atoms. The highest BCUT2D eigenvalue weighted by atomic mass is 16.5. The van der Waals surface area contributed by atoms with Gasteiger partial charge < -0.3 is 14.1 Å². The third kappa shape index (κ3) is 2.14. The second-order valence-corrected chi connectivity index (χ2v) is 6.31. The van der Waals surface area contributed by atoms with Gasteiger partial charge >= 0.3 is 5.76 Å². The van der Waals surface area contributed by atoms with E-state index in [2.05, 4.69) is 4.98 Å². The number of aromatic nitrogens is 2. The van der Waals surface area contributed by atoms with Gasteiger partial charge in [0.15, 0.2) is 5.58 Å². The Bertz CT molecular complexity index is 1310. The lowest BCUT2D eigenvalue weighted by Gasteiger charge is -2.04. The van der Waals surface area contributed by atoms with Crippen molar-refractivity contribution < 1.29 is 9.15 Å². The number of benzene rings is 3. The first-order valence-electron chi connectivity index (χ1n) is 8.40. The number of aromatic amines is 1. The zero-order chi connectivity index (χ0) is 17.7. The maximum Gasteiger partial charge on any atom is 0.420 e. The van der Waals surface area contributed by atoms with Gasteiger partial charge in [-0.3, -0.25) is 4.57 Å². The number of rotatable bonds is 3. The molecule has 0 bridgehead atoms. The monoisotopic (exact) mass is 344 g/mol. The smallest absolute Gasteiger partial charge is 0.420 e. The van der Waals surface area contributed by atoms with Crippen LogP contribution in [0.2, 0.25) is 0 Å². The first-order chi connectivity index (χ1) is 12.7. The van der Waals surface area contributed by atoms with Crippen molar-refractivity contribution in [2.75, 3.05) is 7.11 Å². The minimum absolute atomic E-state index is 0.353. The lowest BCUT2D eigenvalue weighted by atomic mass is 10.1. The third-order valence-corrected chi connectivity index (χ3v) is 4.80. The fourth-order valence-corrected chi connectivity index (χ4v) is 3.52. The average Bonchev–Trinajstić information content (AvgIpc) is 3.20. The maximum atomic E-state index is 12.5. The Kier molecular flexibility index (Phi) is 3.15. The van der Waals surface area contributed by atoms with Crippen LogP contribution in [-0.2, 0) is 6.54 Å². The van der Waals surface area contributed by atoms with E-state index < -0.39 is 0 Å². The van der Waals surface area contributed by atoms with Crippen LogP contribution in [0.1, 0.15) is 5.56 Å². The SMILES string of the molecule is COc1ccc(Cn2c(=O)oc3c4c(ccc32)[nH]c2ccccc24)cc1. The van der Waals surface area contributed by atoms with E-state index in [4.69, 9.17) is 9.15 Å². The Morgan fingerprint density at radius 3 is 2.62 bits per heavy atom. The highest BCUT2D eigenvalue weighted by Gasteiger charge is 2.16. The third-order valence-electron chi connectivity index (χ3n) is 4.80. The molecule has 0 amide bonds. The predicted octanol–water partition coefficient (Wildman–Crippen LogP) is 4.29. The molecule has 5 aromatic rings. The van der Waals surface area contributed by atoms with Crippen LogP contribution < -0.4 is 10.5 Å². The average molecular weight is 344 g/mol. The summed E-state index contributed by atoms with van der Waals surface area (Å²) in [4.78, 5) is 15.9. The van der Waals surface area contributed by atoms with Crippen LogP contribution in [0, 0.1) is 0 Å². The first-order valence-corrected chi connectivity index (χ1v) is 8.40. The summed E-state index contributed by atoms with van der Waals surface area (Å²) in [6.07, 6.45) is 0. The Morgan fingerprint density at radius 1 is 1.00 bits per heavy atom. The lowest BCUT2D eigenvalue weighted by molar-refractivity contribution is 0.414. The van der Waals surface area contributed by atoms with Crippen molar-refractivity contribution in [1.29, 1.82) is 0 Å². The van der Waals surface area contributed by atoms with Gasteiger partial charge in [0.1, 0.15) is 5.75 Å². The highest BCUT2D eigenvalue weighted by molar-refractivity contribution is 6.17. The summed E-state index contributed by atoms with van der Waals surface area (Å²) in [5.74, 6) is 0.437. The minimum atomic E-state index is -0.353. The topological polar surface area (TPSA) is 60.2 Å². The molecule has 0 radical (unpaired) electrons. The molecule has 0 atom stereocenters. The van der Waals surface area contributed by atoms with E-state index in [1.165, 1.54) is 0 Å². The molecule has 1 N–H and O–H groups in total. The fourth-order valence-electron chi connectivity index (χ4n) is 3.52. The molecular formula is C21H16N2O3. The summed E-state index contributed by atoms with van der Waals surface area (Å²) in [6, 6.07) is 19.6. The molecule has 2 aromatic heterocycles. The quantitative estimate of drug-likeness (QED) is 0.531. The van der Waals surface area contributed by atoms with Crippen LogP contribution >= 0.6 is 0 Å². The second kappa shape index (κ2) is 5.52. The van der Waals surface area contributed by atoms with Gasteiger partial charge in [0.05, 0.1) is 30.1 Å². The van der Waals surface area contributed by atoms with E-state index >= 15 is 0 Å². The van der Waals surface area contributed by atoms with Crippen molar-refractivity contribution in [3.05, 3.63) is 76.8 Å². The molecule has 0 aliphatic carbocycles. The summed E-state index contributed by atoms with van der Waals surface area (Å²) < 4.78 is 12.5. The molecule has 26 heavy (non-hydrogen) atoms. The number of hydrogen-bond donors (Lipinski definition) is 1. The zero-order valence-corrected chi connectivity index (χ0v) is 14.2. The Labute approximate surface area is 148 Å². The van der Waals surface area contributed by atoms with Gasteiger partial charge in [-0.25, -0.2) is 4.79 Å². The molecule has 0 saturated heterocycles. The molecule has 128 valence electrons. The summed E-state index contributed by atoms with van der Waals surface area (Å²) in [6.45, 7) is 0.448. The van der Waals surface area contributed by atoms with E-state index in [-0.39, 0.29) is 5.76 Å². The summed E-state index contributed by atoms with van der Waals surface area (Å²) in [7, 11) is 1.63. The maximum absolute atomic E-state index is 12.5. The molecule has 0 aliphatic rings. The van der Waals surface area contributed by atoms with E-state index in [9.17, 15) is 4.79 Å². The standard InChI is InChI=1S/C21H16N2O3/c1-25-14-8-6-13(7-9-14)12-23-18-11-10-17-19(20(18)26-21(23)24)15-4-2-3-5-16(15)22-17/h2-11,22H,12H2,1H3. The van der Waals surface area contributed by atoms with Crippen LogP contribution in [0.25, 0.3) is 32.9 Å². The van der Waals surface area contributed by atoms with Gasteiger partial charge in [0, 0.05) is 10.9 Å². The number of fused-ring (bicyclic) bond motifs is 5. The normalized spacial score (nSPS) is 11.6. The van der Waals surface area contributed by atoms with Gasteiger partial charge in [0.25, 0.3) is 0 Å². The summed E-state index contributed by atoms with van der Waals surface area (Å²) >= 11 is 0. The Morgan fingerprint density at radius 2 is 1.81 bits per heavy atom. The molecular weight excluding hydrogens is 328 g/mol. The van der Waals surface area contributed by atoms with Crippen LogP contribution in [-0.4, -0.2) is 16.7 Å². The number of ether oxygens (including phenoxy) is 1. The van der Waals surface area contributed by atoms with Crippen LogP contribution in [0.3, 0.4) is 0 Å². The lowest BCUT2D eigenvalue weighted by Crippen LogP contribution is -2.14. The van der Waals surface area contributed by atoms with Crippen molar-refractivity contribution in [2.24, 2.45) is 0 Å².